The summed E-state index contributed by atoms with van der Waals surface area (Å²) in [5.74, 6) is -0.0954. The van der Waals surface area contributed by atoms with Crippen LogP contribution in [-0.2, 0) is 20.7 Å². The third kappa shape index (κ3) is 5.19. The Labute approximate surface area is 186 Å². The molecule has 2 saturated heterocycles. The van der Waals surface area contributed by atoms with Crippen LogP contribution in [0.5, 0.6) is 0 Å². The van der Waals surface area contributed by atoms with Crippen molar-refractivity contribution < 1.29 is 14.3 Å². The van der Waals surface area contributed by atoms with Gasteiger partial charge >= 0.3 is 0 Å². The molecule has 2 aromatic rings. The second-order valence-corrected chi connectivity index (χ2v) is 8.19. The summed E-state index contributed by atoms with van der Waals surface area (Å²) in [6.45, 7) is 6.14. The van der Waals surface area contributed by atoms with E-state index in [-0.39, 0.29) is 12.3 Å². The van der Waals surface area contributed by atoms with Gasteiger partial charge in [0.25, 0.3) is 0 Å². The molecule has 0 aromatic heterocycles. The van der Waals surface area contributed by atoms with Gasteiger partial charge in [-0.05, 0) is 35.9 Å². The number of carbonyl (C=O) groups excluding carboxylic acids is 1. The largest absolute Gasteiger partial charge is 0.378 e. The molecular formula is C22H25Cl2N3O3. The van der Waals surface area contributed by atoms with Crippen LogP contribution in [0.4, 0.5) is 17.1 Å². The Morgan fingerprint density at radius 3 is 2.20 bits per heavy atom. The van der Waals surface area contributed by atoms with Crippen LogP contribution in [0, 0.1) is 0 Å². The Morgan fingerprint density at radius 1 is 0.867 bits per heavy atom. The summed E-state index contributed by atoms with van der Waals surface area (Å²) in [5.41, 5.74) is 3.78. The number of halogens is 2. The molecule has 1 amide bonds. The van der Waals surface area contributed by atoms with E-state index in [1.165, 1.54) is 0 Å². The van der Waals surface area contributed by atoms with E-state index in [1.807, 2.05) is 12.1 Å². The van der Waals surface area contributed by atoms with Crippen molar-refractivity contribution >= 4 is 46.2 Å². The normalized spacial score (nSPS) is 17.1. The quantitative estimate of drug-likeness (QED) is 0.750. The zero-order valence-corrected chi connectivity index (χ0v) is 18.2. The minimum Gasteiger partial charge on any atom is -0.378 e. The van der Waals surface area contributed by atoms with E-state index in [0.717, 1.165) is 62.0 Å². The summed E-state index contributed by atoms with van der Waals surface area (Å²) in [7, 11) is 0. The van der Waals surface area contributed by atoms with Gasteiger partial charge in [0.05, 0.1) is 54.3 Å². The van der Waals surface area contributed by atoms with Gasteiger partial charge in [-0.1, -0.05) is 29.3 Å². The molecule has 0 unspecified atom stereocenters. The van der Waals surface area contributed by atoms with Gasteiger partial charge in [0, 0.05) is 31.9 Å². The fourth-order valence-corrected chi connectivity index (χ4v) is 4.06. The molecule has 30 heavy (non-hydrogen) atoms. The highest BCUT2D eigenvalue weighted by atomic mass is 35.5. The summed E-state index contributed by atoms with van der Waals surface area (Å²) < 4.78 is 11.0. The molecule has 6 nitrogen and oxygen atoms in total. The topological polar surface area (TPSA) is 54.0 Å². The lowest BCUT2D eigenvalue weighted by Gasteiger charge is -2.33. The first kappa shape index (κ1) is 21.2. The lowest BCUT2D eigenvalue weighted by atomic mass is 10.1. The summed E-state index contributed by atoms with van der Waals surface area (Å²) >= 11 is 12.1. The third-order valence-electron chi connectivity index (χ3n) is 5.33. The Balaban J connectivity index is 1.54. The van der Waals surface area contributed by atoms with Gasteiger partial charge in [-0.2, -0.15) is 0 Å². The van der Waals surface area contributed by atoms with Crippen LogP contribution in [0.15, 0.2) is 36.4 Å². The Bertz CT molecular complexity index is 897. The van der Waals surface area contributed by atoms with Gasteiger partial charge < -0.3 is 24.6 Å². The first-order valence-electron chi connectivity index (χ1n) is 10.1. The molecule has 160 valence electrons. The highest BCUT2D eigenvalue weighted by Gasteiger charge is 2.19. The minimum absolute atomic E-state index is 0.0954. The van der Waals surface area contributed by atoms with Crippen LogP contribution in [0.25, 0.3) is 0 Å². The number of morpholine rings is 2. The molecule has 2 fully saturated rings. The number of benzene rings is 2. The highest BCUT2D eigenvalue weighted by molar-refractivity contribution is 6.42. The number of anilines is 3. The van der Waals surface area contributed by atoms with Crippen molar-refractivity contribution in [2.75, 3.05) is 67.7 Å². The maximum atomic E-state index is 12.7. The Morgan fingerprint density at radius 2 is 1.53 bits per heavy atom. The van der Waals surface area contributed by atoms with Gasteiger partial charge in [-0.15, -0.1) is 0 Å². The maximum Gasteiger partial charge on any atom is 0.228 e. The van der Waals surface area contributed by atoms with E-state index in [9.17, 15) is 4.79 Å². The number of nitrogens with one attached hydrogen (secondary N) is 1. The fourth-order valence-electron chi connectivity index (χ4n) is 3.74. The molecule has 0 aliphatic carbocycles. The minimum atomic E-state index is -0.0954. The lowest BCUT2D eigenvalue weighted by Crippen LogP contribution is -2.38. The van der Waals surface area contributed by atoms with Crippen molar-refractivity contribution in [2.24, 2.45) is 0 Å². The van der Waals surface area contributed by atoms with Crippen molar-refractivity contribution in [2.45, 2.75) is 6.42 Å². The highest BCUT2D eigenvalue weighted by Crippen LogP contribution is 2.32. The Kier molecular flexibility index (Phi) is 7.00. The zero-order chi connectivity index (χ0) is 20.9. The first-order valence-corrected chi connectivity index (χ1v) is 10.9. The standard InChI is InChI=1S/C22H25Cl2N3O3/c23-18-3-1-16(13-19(18)24)14-22(28)25-20-4-2-17(26-5-9-29-10-6-26)15-21(20)27-7-11-30-12-8-27/h1-4,13,15H,5-12,14H2,(H,25,28). The van der Waals surface area contributed by atoms with Crippen molar-refractivity contribution in [1.82, 2.24) is 0 Å². The molecule has 2 heterocycles. The van der Waals surface area contributed by atoms with Gasteiger partial charge in [0.1, 0.15) is 0 Å². The predicted octanol–water partition coefficient (Wildman–Crippen LogP) is 3.85. The average molecular weight is 450 g/mol. The van der Waals surface area contributed by atoms with E-state index in [0.29, 0.717) is 23.3 Å². The van der Waals surface area contributed by atoms with Crippen LogP contribution in [-0.4, -0.2) is 58.5 Å². The predicted molar refractivity (Wildman–Crippen MR) is 121 cm³/mol. The Hall–Kier alpha value is -1.99. The SMILES string of the molecule is O=C(Cc1ccc(Cl)c(Cl)c1)Nc1ccc(N2CCOCC2)cc1N1CCOCC1. The summed E-state index contributed by atoms with van der Waals surface area (Å²) in [5, 5.41) is 4.01. The smallest absolute Gasteiger partial charge is 0.228 e. The molecule has 0 spiro atoms. The molecular weight excluding hydrogens is 425 g/mol. The number of ether oxygens (including phenoxy) is 2. The van der Waals surface area contributed by atoms with E-state index in [4.69, 9.17) is 32.7 Å². The average Bonchev–Trinajstić information content (AvgIpc) is 2.78. The van der Waals surface area contributed by atoms with E-state index in [1.54, 1.807) is 12.1 Å². The van der Waals surface area contributed by atoms with E-state index in [2.05, 4.69) is 27.2 Å². The summed E-state index contributed by atoms with van der Waals surface area (Å²) in [6.07, 6.45) is 0.227. The molecule has 8 heteroatoms. The maximum absolute atomic E-state index is 12.7. The summed E-state index contributed by atoms with van der Waals surface area (Å²) in [6, 6.07) is 11.5. The van der Waals surface area contributed by atoms with E-state index < -0.39 is 0 Å². The van der Waals surface area contributed by atoms with Crippen molar-refractivity contribution in [3.05, 3.63) is 52.0 Å². The van der Waals surface area contributed by atoms with Crippen LogP contribution >= 0.6 is 23.2 Å². The lowest BCUT2D eigenvalue weighted by molar-refractivity contribution is -0.115. The first-order chi connectivity index (χ1) is 14.6. The van der Waals surface area contributed by atoms with Crippen molar-refractivity contribution in [3.63, 3.8) is 0 Å². The van der Waals surface area contributed by atoms with Crippen molar-refractivity contribution in [1.29, 1.82) is 0 Å². The van der Waals surface area contributed by atoms with Crippen molar-refractivity contribution in [3.8, 4) is 0 Å². The van der Waals surface area contributed by atoms with Crippen LogP contribution in [0.1, 0.15) is 5.56 Å². The van der Waals surface area contributed by atoms with Crippen LogP contribution < -0.4 is 15.1 Å². The number of nitrogens with zero attached hydrogens (tertiary/aromatic N) is 2. The number of hydrogen-bond donors (Lipinski definition) is 1. The molecule has 1 N–H and O–H groups in total. The number of carbonyl (C=O) groups is 1. The zero-order valence-electron chi connectivity index (χ0n) is 16.7. The van der Waals surface area contributed by atoms with Gasteiger partial charge in [0.15, 0.2) is 0 Å². The fraction of sp³-hybridized carbons (Fsp3) is 0.409. The van der Waals surface area contributed by atoms with Crippen LogP contribution in [0.3, 0.4) is 0 Å². The van der Waals surface area contributed by atoms with E-state index >= 15 is 0 Å². The molecule has 0 atom stereocenters. The molecule has 0 bridgehead atoms. The molecule has 2 aromatic carbocycles. The molecule has 2 aliphatic rings. The molecule has 2 aliphatic heterocycles. The second-order valence-electron chi connectivity index (χ2n) is 7.37. The number of hydrogen-bond acceptors (Lipinski definition) is 5. The second kappa shape index (κ2) is 9.88. The van der Waals surface area contributed by atoms with Crippen LogP contribution in [0.2, 0.25) is 10.0 Å². The molecule has 0 radical (unpaired) electrons. The van der Waals surface area contributed by atoms with Gasteiger partial charge in [0.2, 0.25) is 5.91 Å². The van der Waals surface area contributed by atoms with Gasteiger partial charge in [-0.3, -0.25) is 4.79 Å². The third-order valence-corrected chi connectivity index (χ3v) is 6.07. The monoisotopic (exact) mass is 449 g/mol. The summed E-state index contributed by atoms with van der Waals surface area (Å²) in [4.78, 5) is 17.3. The van der Waals surface area contributed by atoms with Gasteiger partial charge in [-0.25, -0.2) is 0 Å². The number of rotatable bonds is 5. The molecule has 0 saturated carbocycles. The number of amides is 1. The molecule has 4 rings (SSSR count).